The summed E-state index contributed by atoms with van der Waals surface area (Å²) in [6.45, 7) is 5.22. The zero-order valence-electron chi connectivity index (χ0n) is 12.4. The first-order valence-electron chi connectivity index (χ1n) is 7.55. The van der Waals surface area contributed by atoms with Crippen LogP contribution in [-0.4, -0.2) is 11.5 Å². The number of nitrogens with one attached hydrogen (secondary N) is 1. The summed E-state index contributed by atoms with van der Waals surface area (Å²) in [7, 11) is 0. The van der Waals surface area contributed by atoms with Crippen molar-refractivity contribution >= 4 is 11.4 Å². The molecule has 1 fully saturated rings. The van der Waals surface area contributed by atoms with Gasteiger partial charge in [0.2, 0.25) is 0 Å². The molecule has 1 aliphatic rings. The molecule has 0 saturated heterocycles. The van der Waals surface area contributed by atoms with Gasteiger partial charge in [0.25, 0.3) is 5.69 Å². The van der Waals surface area contributed by atoms with Crippen LogP contribution < -0.4 is 5.32 Å². The van der Waals surface area contributed by atoms with E-state index in [2.05, 4.69) is 12.2 Å². The Bertz CT molecular complexity index is 466. The summed E-state index contributed by atoms with van der Waals surface area (Å²) in [5, 5.41) is 14.2. The lowest BCUT2D eigenvalue weighted by molar-refractivity contribution is -0.384. The average Bonchev–Trinajstić information content (AvgIpc) is 2.43. The van der Waals surface area contributed by atoms with Crippen molar-refractivity contribution in [2.75, 3.05) is 11.9 Å². The predicted molar refractivity (Wildman–Crippen MR) is 82.1 cm³/mol. The Balaban J connectivity index is 1.84. The highest BCUT2D eigenvalue weighted by Crippen LogP contribution is 2.30. The molecule has 0 aromatic heterocycles. The third kappa shape index (κ3) is 3.95. The first kappa shape index (κ1) is 14.8. The van der Waals surface area contributed by atoms with Crippen molar-refractivity contribution in [2.24, 2.45) is 11.8 Å². The van der Waals surface area contributed by atoms with Crippen LogP contribution in [0.3, 0.4) is 0 Å². The maximum Gasteiger partial charge on any atom is 0.271 e. The van der Waals surface area contributed by atoms with E-state index in [1.807, 2.05) is 13.0 Å². The van der Waals surface area contributed by atoms with Crippen molar-refractivity contribution in [1.29, 1.82) is 0 Å². The van der Waals surface area contributed by atoms with Crippen LogP contribution >= 0.6 is 0 Å². The van der Waals surface area contributed by atoms with Crippen LogP contribution in [0.15, 0.2) is 18.2 Å². The van der Waals surface area contributed by atoms with Crippen molar-refractivity contribution in [1.82, 2.24) is 0 Å². The van der Waals surface area contributed by atoms with Gasteiger partial charge >= 0.3 is 0 Å². The molecule has 1 aliphatic carbocycles. The quantitative estimate of drug-likeness (QED) is 0.635. The molecular formula is C16H24N2O2. The molecule has 0 bridgehead atoms. The zero-order chi connectivity index (χ0) is 14.5. The second kappa shape index (κ2) is 6.73. The fraction of sp³-hybridized carbons (Fsp3) is 0.625. The molecule has 1 N–H and O–H groups in total. The highest BCUT2D eigenvalue weighted by molar-refractivity contribution is 5.56. The smallest absolute Gasteiger partial charge is 0.271 e. The van der Waals surface area contributed by atoms with Crippen LogP contribution in [0.1, 0.15) is 44.6 Å². The number of non-ortho nitro benzene ring substituents is 1. The molecule has 0 radical (unpaired) electrons. The molecule has 0 aliphatic heterocycles. The molecule has 0 heterocycles. The zero-order valence-corrected chi connectivity index (χ0v) is 12.4. The molecule has 4 heteroatoms. The Labute approximate surface area is 120 Å². The first-order valence-corrected chi connectivity index (χ1v) is 7.55. The average molecular weight is 276 g/mol. The van der Waals surface area contributed by atoms with Crippen LogP contribution in [0.5, 0.6) is 0 Å². The van der Waals surface area contributed by atoms with Gasteiger partial charge in [0, 0.05) is 24.4 Å². The van der Waals surface area contributed by atoms with Crippen LogP contribution in [0, 0.1) is 28.9 Å². The monoisotopic (exact) mass is 276 g/mol. The fourth-order valence-electron chi connectivity index (χ4n) is 2.94. The lowest BCUT2D eigenvalue weighted by atomic mass is 9.81. The molecule has 1 aromatic rings. The standard InChI is InChI=1S/C16H24N2O2/c1-12-3-6-14(7-4-12)9-10-17-16-11-15(18(19)20)8-5-13(16)2/h5,8,11-12,14,17H,3-4,6-7,9-10H2,1-2H3. The number of nitrogens with zero attached hydrogens (tertiary/aromatic N) is 1. The van der Waals surface area contributed by atoms with E-state index in [1.54, 1.807) is 12.1 Å². The molecule has 110 valence electrons. The second-order valence-corrected chi connectivity index (χ2v) is 6.10. The second-order valence-electron chi connectivity index (χ2n) is 6.10. The molecule has 0 spiro atoms. The van der Waals surface area contributed by atoms with Gasteiger partial charge in [-0.25, -0.2) is 0 Å². The van der Waals surface area contributed by atoms with Gasteiger partial charge in [0.1, 0.15) is 0 Å². The van der Waals surface area contributed by atoms with Crippen LogP contribution in [0.4, 0.5) is 11.4 Å². The summed E-state index contributed by atoms with van der Waals surface area (Å²) >= 11 is 0. The predicted octanol–water partition coefficient (Wildman–Crippen LogP) is 4.53. The first-order chi connectivity index (χ1) is 9.56. The van der Waals surface area contributed by atoms with Gasteiger partial charge in [-0.15, -0.1) is 0 Å². The Kier molecular flexibility index (Phi) is 4.99. The summed E-state index contributed by atoms with van der Waals surface area (Å²) in [4.78, 5) is 10.5. The van der Waals surface area contributed by atoms with Gasteiger partial charge < -0.3 is 5.32 Å². The highest BCUT2D eigenvalue weighted by Gasteiger charge is 2.17. The number of hydrogen-bond donors (Lipinski definition) is 1. The topological polar surface area (TPSA) is 55.2 Å². The summed E-state index contributed by atoms with van der Waals surface area (Å²) in [5.74, 6) is 1.70. The lowest BCUT2D eigenvalue weighted by Gasteiger charge is -2.26. The van der Waals surface area contributed by atoms with E-state index in [-0.39, 0.29) is 10.6 Å². The van der Waals surface area contributed by atoms with Crippen LogP contribution in [-0.2, 0) is 0 Å². The molecule has 2 rings (SSSR count). The summed E-state index contributed by atoms with van der Waals surface area (Å²) in [6, 6.07) is 5.00. The van der Waals surface area contributed by atoms with E-state index in [0.29, 0.717) is 0 Å². The largest absolute Gasteiger partial charge is 0.385 e. The fourth-order valence-corrected chi connectivity index (χ4v) is 2.94. The van der Waals surface area contributed by atoms with Crippen molar-refractivity contribution < 1.29 is 4.92 Å². The minimum Gasteiger partial charge on any atom is -0.385 e. The minimum atomic E-state index is -0.340. The Morgan fingerprint density at radius 2 is 2.00 bits per heavy atom. The van der Waals surface area contributed by atoms with E-state index in [4.69, 9.17) is 0 Å². The SMILES string of the molecule is Cc1ccc([N+](=O)[O-])cc1NCCC1CCC(C)CC1. The van der Waals surface area contributed by atoms with Gasteiger partial charge in [0.15, 0.2) is 0 Å². The molecular weight excluding hydrogens is 252 g/mol. The molecule has 0 amide bonds. The number of hydrogen-bond acceptors (Lipinski definition) is 3. The number of rotatable bonds is 5. The molecule has 1 saturated carbocycles. The minimum absolute atomic E-state index is 0.157. The number of benzene rings is 1. The van der Waals surface area contributed by atoms with Crippen LogP contribution in [0.25, 0.3) is 0 Å². The molecule has 0 atom stereocenters. The number of anilines is 1. The summed E-state index contributed by atoms with van der Waals surface area (Å²) in [5.41, 5.74) is 2.11. The van der Waals surface area contributed by atoms with Crippen molar-refractivity contribution in [3.63, 3.8) is 0 Å². The van der Waals surface area contributed by atoms with Gasteiger partial charge in [-0.05, 0) is 30.7 Å². The molecule has 1 aromatic carbocycles. The third-order valence-corrected chi connectivity index (χ3v) is 4.44. The van der Waals surface area contributed by atoms with Crippen molar-refractivity contribution in [3.05, 3.63) is 33.9 Å². The molecule has 20 heavy (non-hydrogen) atoms. The van der Waals surface area contributed by atoms with E-state index >= 15 is 0 Å². The van der Waals surface area contributed by atoms with Gasteiger partial charge in [-0.2, -0.15) is 0 Å². The normalized spacial score (nSPS) is 22.5. The Morgan fingerprint density at radius 3 is 2.65 bits per heavy atom. The Hall–Kier alpha value is -1.58. The molecule has 0 unspecified atom stereocenters. The summed E-state index contributed by atoms with van der Waals surface area (Å²) in [6.07, 6.45) is 6.52. The van der Waals surface area contributed by atoms with Gasteiger partial charge in [-0.3, -0.25) is 10.1 Å². The Morgan fingerprint density at radius 1 is 1.30 bits per heavy atom. The summed E-state index contributed by atoms with van der Waals surface area (Å²) < 4.78 is 0. The maximum absolute atomic E-state index is 10.8. The van der Waals surface area contributed by atoms with E-state index < -0.39 is 0 Å². The maximum atomic E-state index is 10.8. The van der Waals surface area contributed by atoms with Gasteiger partial charge in [0.05, 0.1) is 4.92 Å². The number of aryl methyl sites for hydroxylation is 1. The van der Waals surface area contributed by atoms with Crippen molar-refractivity contribution in [2.45, 2.75) is 46.0 Å². The highest BCUT2D eigenvalue weighted by atomic mass is 16.6. The lowest BCUT2D eigenvalue weighted by Crippen LogP contribution is -2.16. The van der Waals surface area contributed by atoms with Gasteiger partial charge in [-0.1, -0.05) is 38.7 Å². The van der Waals surface area contributed by atoms with E-state index in [1.165, 1.54) is 25.7 Å². The number of nitro benzene ring substituents is 1. The number of nitro groups is 1. The van der Waals surface area contributed by atoms with E-state index in [9.17, 15) is 10.1 Å². The third-order valence-electron chi connectivity index (χ3n) is 4.44. The van der Waals surface area contributed by atoms with E-state index in [0.717, 1.165) is 36.1 Å². The van der Waals surface area contributed by atoms with Crippen molar-refractivity contribution in [3.8, 4) is 0 Å². The van der Waals surface area contributed by atoms with Crippen LogP contribution in [0.2, 0.25) is 0 Å². The molecule has 4 nitrogen and oxygen atoms in total.